The number of aryl methyl sites for hydroxylation is 1. The molecule has 0 atom stereocenters. The van der Waals surface area contributed by atoms with E-state index in [2.05, 4.69) is 10.1 Å². The summed E-state index contributed by atoms with van der Waals surface area (Å²) in [5.41, 5.74) is 7.59. The Hall–Kier alpha value is -3.43. The van der Waals surface area contributed by atoms with Gasteiger partial charge in [-0.1, -0.05) is 6.07 Å². The minimum absolute atomic E-state index is 0.00156. The number of imidazole rings is 1. The fourth-order valence-corrected chi connectivity index (χ4v) is 3.38. The number of nitro groups is 1. The summed E-state index contributed by atoms with van der Waals surface area (Å²) in [6.07, 6.45) is 4.39. The van der Waals surface area contributed by atoms with Gasteiger partial charge in [0.2, 0.25) is 5.95 Å². The highest BCUT2D eigenvalue weighted by atomic mass is 16.6. The van der Waals surface area contributed by atoms with E-state index in [9.17, 15) is 14.9 Å². The van der Waals surface area contributed by atoms with Gasteiger partial charge in [-0.25, -0.2) is 9.66 Å². The Morgan fingerprint density at radius 3 is 2.76 bits per heavy atom. The lowest BCUT2D eigenvalue weighted by Crippen LogP contribution is -2.37. The van der Waals surface area contributed by atoms with Crippen molar-refractivity contribution in [1.82, 2.24) is 9.66 Å². The van der Waals surface area contributed by atoms with Crippen LogP contribution in [0.25, 0.3) is 0 Å². The second-order valence-electron chi connectivity index (χ2n) is 6.85. The quantitative estimate of drug-likeness (QED) is 0.341. The van der Waals surface area contributed by atoms with Gasteiger partial charge in [0.1, 0.15) is 5.69 Å². The van der Waals surface area contributed by atoms with Crippen LogP contribution in [0.4, 0.5) is 17.3 Å². The monoisotopic (exact) mass is 400 g/mol. The molecule has 0 bridgehead atoms. The van der Waals surface area contributed by atoms with Gasteiger partial charge < -0.3 is 15.4 Å². The topological polar surface area (TPSA) is 129 Å². The fraction of sp³-hybridized carbons (Fsp3) is 0.421. The van der Waals surface area contributed by atoms with Gasteiger partial charge in [0.15, 0.2) is 0 Å². The predicted molar refractivity (Wildman–Crippen MR) is 109 cm³/mol. The number of esters is 1. The molecule has 0 radical (unpaired) electrons. The smallest absolute Gasteiger partial charge is 0.309 e. The summed E-state index contributed by atoms with van der Waals surface area (Å²) in [7, 11) is 0. The summed E-state index contributed by atoms with van der Waals surface area (Å²) in [4.78, 5) is 29.1. The van der Waals surface area contributed by atoms with Crippen LogP contribution in [-0.2, 0) is 9.53 Å². The Morgan fingerprint density at radius 1 is 1.45 bits per heavy atom. The van der Waals surface area contributed by atoms with E-state index in [0.29, 0.717) is 43.8 Å². The van der Waals surface area contributed by atoms with Crippen LogP contribution in [0, 0.1) is 23.0 Å². The summed E-state index contributed by atoms with van der Waals surface area (Å²) in [6.45, 7) is 5.06. The third-order valence-corrected chi connectivity index (χ3v) is 4.82. The number of hydrogen-bond acceptors (Lipinski definition) is 8. The third-order valence-electron chi connectivity index (χ3n) is 4.82. The SMILES string of the molecule is CCOC(=O)C1CCN(c2ccc(C=Nn3cc(C)nc3N)cc2[N+](=O)[O-])CC1. The number of rotatable bonds is 6. The van der Waals surface area contributed by atoms with Gasteiger partial charge in [0.05, 0.1) is 35.6 Å². The molecule has 1 aromatic heterocycles. The maximum absolute atomic E-state index is 11.9. The second kappa shape index (κ2) is 8.72. The number of anilines is 2. The summed E-state index contributed by atoms with van der Waals surface area (Å²) < 4.78 is 6.49. The number of hydrogen-bond donors (Lipinski definition) is 1. The number of nitrogens with zero attached hydrogens (tertiary/aromatic N) is 5. The van der Waals surface area contributed by atoms with E-state index in [1.807, 2.05) is 4.90 Å². The molecule has 0 unspecified atom stereocenters. The lowest BCUT2D eigenvalue weighted by atomic mass is 9.96. The van der Waals surface area contributed by atoms with Gasteiger partial charge in [-0.3, -0.25) is 14.9 Å². The number of piperidine rings is 1. The van der Waals surface area contributed by atoms with Crippen LogP contribution in [0.5, 0.6) is 0 Å². The summed E-state index contributed by atoms with van der Waals surface area (Å²) in [5.74, 6) is -0.0997. The van der Waals surface area contributed by atoms with Crippen molar-refractivity contribution in [3.63, 3.8) is 0 Å². The van der Waals surface area contributed by atoms with Crippen molar-refractivity contribution >= 4 is 29.5 Å². The van der Waals surface area contributed by atoms with E-state index in [-0.39, 0.29) is 23.5 Å². The number of nitro benzene ring substituents is 1. The molecule has 1 aromatic carbocycles. The number of ether oxygens (including phenoxy) is 1. The molecule has 1 fully saturated rings. The molecule has 0 spiro atoms. The Labute approximate surface area is 168 Å². The Bertz CT molecular complexity index is 931. The lowest BCUT2D eigenvalue weighted by Gasteiger charge is -2.32. The van der Waals surface area contributed by atoms with Gasteiger partial charge in [-0.15, -0.1) is 0 Å². The van der Waals surface area contributed by atoms with Crippen molar-refractivity contribution < 1.29 is 14.5 Å². The first-order valence-electron chi connectivity index (χ1n) is 9.45. The number of carbonyl (C=O) groups excluding carboxylic acids is 1. The Morgan fingerprint density at radius 2 is 2.17 bits per heavy atom. The minimum Gasteiger partial charge on any atom is -0.466 e. The Balaban J connectivity index is 1.76. The van der Waals surface area contributed by atoms with Crippen LogP contribution >= 0.6 is 0 Å². The third kappa shape index (κ3) is 4.71. The zero-order chi connectivity index (χ0) is 21.0. The summed E-state index contributed by atoms with van der Waals surface area (Å²) >= 11 is 0. The van der Waals surface area contributed by atoms with Crippen molar-refractivity contribution in [2.75, 3.05) is 30.3 Å². The van der Waals surface area contributed by atoms with Crippen molar-refractivity contribution in [3.8, 4) is 0 Å². The second-order valence-corrected chi connectivity index (χ2v) is 6.85. The highest BCUT2D eigenvalue weighted by Gasteiger charge is 2.29. The molecule has 10 heteroatoms. The van der Waals surface area contributed by atoms with Crippen LogP contribution in [-0.4, -0.2) is 46.5 Å². The van der Waals surface area contributed by atoms with Crippen LogP contribution in [0.3, 0.4) is 0 Å². The Kier molecular flexibility index (Phi) is 6.10. The molecule has 10 nitrogen and oxygen atoms in total. The molecular weight excluding hydrogens is 376 g/mol. The van der Waals surface area contributed by atoms with E-state index in [0.717, 1.165) is 5.69 Å². The number of benzene rings is 1. The van der Waals surface area contributed by atoms with Crippen LogP contribution in [0.2, 0.25) is 0 Å². The number of nitrogens with two attached hydrogens (primary N) is 1. The summed E-state index contributed by atoms with van der Waals surface area (Å²) in [6, 6.07) is 4.96. The van der Waals surface area contributed by atoms with Crippen LogP contribution < -0.4 is 10.6 Å². The molecule has 29 heavy (non-hydrogen) atoms. The van der Waals surface area contributed by atoms with E-state index >= 15 is 0 Å². The molecule has 2 aromatic rings. The van der Waals surface area contributed by atoms with E-state index in [1.165, 1.54) is 17.0 Å². The predicted octanol–water partition coefficient (Wildman–Crippen LogP) is 2.34. The van der Waals surface area contributed by atoms with Crippen LogP contribution in [0.1, 0.15) is 31.0 Å². The molecule has 2 heterocycles. The molecule has 1 saturated heterocycles. The van der Waals surface area contributed by atoms with Crippen molar-refractivity contribution in [3.05, 3.63) is 45.8 Å². The zero-order valence-corrected chi connectivity index (χ0v) is 16.4. The highest BCUT2D eigenvalue weighted by Crippen LogP contribution is 2.32. The van der Waals surface area contributed by atoms with E-state index in [1.54, 1.807) is 32.2 Å². The minimum atomic E-state index is -0.403. The standard InChI is InChI=1S/C19H24N6O4/c1-3-29-18(26)15-6-8-23(9-7-15)16-5-4-14(10-17(16)25(27)28)11-21-24-12-13(2)22-19(24)20/h4-5,10-12,15H,3,6-9H2,1-2H3,(H2,20,22). The van der Waals surface area contributed by atoms with E-state index < -0.39 is 4.92 Å². The average molecular weight is 400 g/mol. The highest BCUT2D eigenvalue weighted by molar-refractivity contribution is 5.83. The van der Waals surface area contributed by atoms with Gasteiger partial charge in [-0.05, 0) is 32.8 Å². The van der Waals surface area contributed by atoms with Gasteiger partial charge >= 0.3 is 5.97 Å². The summed E-state index contributed by atoms with van der Waals surface area (Å²) in [5, 5.41) is 15.8. The van der Waals surface area contributed by atoms with Crippen molar-refractivity contribution in [2.45, 2.75) is 26.7 Å². The van der Waals surface area contributed by atoms with Gasteiger partial charge in [-0.2, -0.15) is 5.10 Å². The van der Waals surface area contributed by atoms with Gasteiger partial charge in [0.25, 0.3) is 5.69 Å². The molecule has 0 saturated carbocycles. The molecule has 1 aliphatic rings. The molecule has 0 amide bonds. The van der Waals surface area contributed by atoms with Crippen molar-refractivity contribution in [1.29, 1.82) is 0 Å². The molecule has 3 rings (SSSR count). The number of carbonyl (C=O) groups is 1. The zero-order valence-electron chi connectivity index (χ0n) is 16.4. The molecular formula is C19H24N6O4. The average Bonchev–Trinajstić information content (AvgIpc) is 3.03. The fourth-order valence-electron chi connectivity index (χ4n) is 3.38. The maximum Gasteiger partial charge on any atom is 0.309 e. The first kappa shape index (κ1) is 20.3. The number of nitrogen functional groups attached to an aromatic ring is 1. The van der Waals surface area contributed by atoms with E-state index in [4.69, 9.17) is 10.5 Å². The molecule has 1 aliphatic heterocycles. The number of aromatic nitrogens is 2. The first-order valence-corrected chi connectivity index (χ1v) is 9.45. The van der Waals surface area contributed by atoms with Crippen molar-refractivity contribution in [2.24, 2.45) is 11.0 Å². The molecule has 0 aliphatic carbocycles. The van der Waals surface area contributed by atoms with Gasteiger partial charge in [0, 0.05) is 24.7 Å². The van der Waals surface area contributed by atoms with Crippen LogP contribution in [0.15, 0.2) is 29.5 Å². The lowest BCUT2D eigenvalue weighted by molar-refractivity contribution is -0.384. The first-order chi connectivity index (χ1) is 13.9. The normalized spacial score (nSPS) is 15.0. The molecule has 2 N–H and O–H groups in total. The molecule has 154 valence electrons. The largest absolute Gasteiger partial charge is 0.466 e. The maximum atomic E-state index is 11.9.